The molecule has 0 saturated carbocycles. The number of alkyl halides is 1. The van der Waals surface area contributed by atoms with Crippen molar-refractivity contribution in [1.29, 1.82) is 0 Å². The number of ether oxygens (including phenoxy) is 3. The van der Waals surface area contributed by atoms with Crippen LogP contribution in [-0.2, 0) is 16.1 Å². The van der Waals surface area contributed by atoms with E-state index in [1.54, 1.807) is 11.7 Å². The van der Waals surface area contributed by atoms with Crippen LogP contribution in [0, 0.1) is 0 Å². The summed E-state index contributed by atoms with van der Waals surface area (Å²) in [5, 5.41) is 0. The second-order valence-electron chi connectivity index (χ2n) is 6.35. The Hall–Kier alpha value is -2.78. The minimum absolute atomic E-state index is 0.244. The third kappa shape index (κ3) is 3.56. The normalized spacial score (nSPS) is 22.4. The molecule has 0 spiro atoms. The first-order chi connectivity index (χ1) is 13.2. The number of hydrogen-bond donors (Lipinski definition) is 1. The predicted octanol–water partition coefficient (Wildman–Crippen LogP) is 2.26. The van der Waals surface area contributed by atoms with Crippen LogP contribution >= 0.6 is 0 Å². The van der Waals surface area contributed by atoms with Gasteiger partial charge in [0.25, 0.3) is 0 Å². The van der Waals surface area contributed by atoms with Crippen LogP contribution in [0.4, 0.5) is 10.2 Å². The maximum atomic E-state index is 14.5. The summed E-state index contributed by atoms with van der Waals surface area (Å²) < 4.78 is 32.8. The average molecular weight is 373 g/mol. The van der Waals surface area contributed by atoms with Crippen molar-refractivity contribution in [3.8, 4) is 5.75 Å². The molecule has 3 aromatic rings. The van der Waals surface area contributed by atoms with Crippen molar-refractivity contribution in [3.63, 3.8) is 0 Å². The Labute approximate surface area is 155 Å². The number of fused-ring (bicyclic) bond motifs is 1. The van der Waals surface area contributed by atoms with Gasteiger partial charge in [-0.3, -0.25) is 4.57 Å². The lowest BCUT2D eigenvalue weighted by molar-refractivity contribution is -0.0530. The molecule has 1 fully saturated rings. The Morgan fingerprint density at radius 2 is 2.07 bits per heavy atom. The molecule has 2 N–H and O–H groups in total. The molecule has 1 aliphatic heterocycles. The summed E-state index contributed by atoms with van der Waals surface area (Å²) in [7, 11) is 1.62. The number of halogens is 1. The van der Waals surface area contributed by atoms with E-state index in [0.29, 0.717) is 24.4 Å². The van der Waals surface area contributed by atoms with Crippen molar-refractivity contribution in [1.82, 2.24) is 19.5 Å². The first kappa shape index (κ1) is 17.6. The van der Waals surface area contributed by atoms with E-state index in [4.69, 9.17) is 19.9 Å². The lowest BCUT2D eigenvalue weighted by atomic mass is 10.2. The molecule has 27 heavy (non-hydrogen) atoms. The zero-order valence-electron chi connectivity index (χ0n) is 14.8. The smallest absolute Gasteiger partial charge is 0.168 e. The second kappa shape index (κ2) is 7.45. The van der Waals surface area contributed by atoms with Crippen molar-refractivity contribution in [2.75, 3.05) is 19.5 Å². The van der Waals surface area contributed by atoms with Crippen LogP contribution in [0.3, 0.4) is 0 Å². The van der Waals surface area contributed by atoms with Gasteiger partial charge < -0.3 is 19.9 Å². The topological polar surface area (TPSA) is 97.3 Å². The van der Waals surface area contributed by atoms with Gasteiger partial charge in [-0.05, 0) is 17.7 Å². The maximum Gasteiger partial charge on any atom is 0.168 e. The maximum absolute atomic E-state index is 14.5. The third-order valence-corrected chi connectivity index (χ3v) is 4.52. The molecule has 0 bridgehead atoms. The SMILES string of the molecule is COc1ccc(COC[C@@H]2C[C@H](F)[C@H](n3cnc4c(N)ncnc43)O2)cc1. The van der Waals surface area contributed by atoms with Crippen molar-refractivity contribution in [2.24, 2.45) is 0 Å². The highest BCUT2D eigenvalue weighted by Crippen LogP contribution is 2.33. The van der Waals surface area contributed by atoms with Gasteiger partial charge in [0, 0.05) is 6.42 Å². The highest BCUT2D eigenvalue weighted by Gasteiger charge is 2.37. The fraction of sp³-hybridized carbons (Fsp3) is 0.389. The van der Waals surface area contributed by atoms with E-state index in [0.717, 1.165) is 11.3 Å². The van der Waals surface area contributed by atoms with E-state index in [2.05, 4.69) is 15.0 Å². The molecule has 4 rings (SSSR count). The summed E-state index contributed by atoms with van der Waals surface area (Å²) >= 11 is 0. The molecule has 142 valence electrons. The fourth-order valence-electron chi connectivity index (χ4n) is 3.14. The number of nitrogens with zero attached hydrogens (tertiary/aromatic N) is 4. The number of nitrogen functional groups attached to an aromatic ring is 1. The average Bonchev–Trinajstić information content (AvgIpc) is 3.26. The number of rotatable bonds is 6. The number of benzene rings is 1. The number of nitrogens with two attached hydrogens (primary N) is 1. The zero-order chi connectivity index (χ0) is 18.8. The van der Waals surface area contributed by atoms with Crippen LogP contribution in [0.5, 0.6) is 5.75 Å². The Morgan fingerprint density at radius 1 is 1.26 bits per heavy atom. The van der Waals surface area contributed by atoms with Gasteiger partial charge in [0.2, 0.25) is 0 Å². The molecule has 0 amide bonds. The van der Waals surface area contributed by atoms with Crippen LogP contribution in [0.25, 0.3) is 11.2 Å². The number of anilines is 1. The quantitative estimate of drug-likeness (QED) is 0.708. The molecule has 0 radical (unpaired) electrons. The summed E-state index contributed by atoms with van der Waals surface area (Å²) in [6, 6.07) is 7.60. The molecular weight excluding hydrogens is 353 g/mol. The minimum Gasteiger partial charge on any atom is -0.497 e. The number of hydrogen-bond acceptors (Lipinski definition) is 7. The van der Waals surface area contributed by atoms with Gasteiger partial charge in [0.1, 0.15) is 23.8 Å². The van der Waals surface area contributed by atoms with Gasteiger partial charge in [0.15, 0.2) is 17.7 Å². The van der Waals surface area contributed by atoms with Gasteiger partial charge in [0.05, 0.1) is 32.8 Å². The predicted molar refractivity (Wildman–Crippen MR) is 95.8 cm³/mol. The Kier molecular flexibility index (Phi) is 4.87. The number of methoxy groups -OCH3 is 1. The highest BCUT2D eigenvalue weighted by atomic mass is 19.1. The summed E-state index contributed by atoms with van der Waals surface area (Å²) in [4.78, 5) is 12.2. The number of aromatic nitrogens is 4. The Balaban J connectivity index is 1.37. The third-order valence-electron chi connectivity index (χ3n) is 4.52. The van der Waals surface area contributed by atoms with Crippen molar-refractivity contribution < 1.29 is 18.6 Å². The zero-order valence-corrected chi connectivity index (χ0v) is 14.8. The summed E-state index contributed by atoms with van der Waals surface area (Å²) in [5.41, 5.74) is 7.68. The molecule has 1 aliphatic rings. The van der Waals surface area contributed by atoms with Crippen LogP contribution in [-0.4, -0.2) is 45.5 Å². The molecular formula is C18H20FN5O3. The molecule has 9 heteroatoms. The molecule has 0 unspecified atom stereocenters. The highest BCUT2D eigenvalue weighted by molar-refractivity contribution is 5.81. The van der Waals surface area contributed by atoms with E-state index in [-0.39, 0.29) is 18.3 Å². The minimum atomic E-state index is -1.19. The second-order valence-corrected chi connectivity index (χ2v) is 6.35. The Bertz CT molecular complexity index is 917. The van der Waals surface area contributed by atoms with Gasteiger partial charge >= 0.3 is 0 Å². The van der Waals surface area contributed by atoms with Gasteiger partial charge in [-0.2, -0.15) is 0 Å². The first-order valence-corrected chi connectivity index (χ1v) is 8.59. The van der Waals surface area contributed by atoms with E-state index in [1.165, 1.54) is 12.7 Å². The van der Waals surface area contributed by atoms with Gasteiger partial charge in [-0.15, -0.1) is 0 Å². The molecule has 3 heterocycles. The molecule has 8 nitrogen and oxygen atoms in total. The lowest BCUT2D eigenvalue weighted by Gasteiger charge is -2.16. The Morgan fingerprint density at radius 3 is 2.85 bits per heavy atom. The largest absolute Gasteiger partial charge is 0.497 e. The van der Waals surface area contributed by atoms with E-state index >= 15 is 0 Å². The molecule has 2 aromatic heterocycles. The van der Waals surface area contributed by atoms with E-state index in [9.17, 15) is 4.39 Å². The fourth-order valence-corrected chi connectivity index (χ4v) is 3.14. The number of imidazole rings is 1. The summed E-state index contributed by atoms with van der Waals surface area (Å²) in [6.45, 7) is 0.718. The monoisotopic (exact) mass is 373 g/mol. The van der Waals surface area contributed by atoms with Crippen molar-refractivity contribution in [2.45, 2.75) is 31.5 Å². The molecule has 1 aromatic carbocycles. The summed E-state index contributed by atoms with van der Waals surface area (Å²) in [6.07, 6.45) is 0.709. The van der Waals surface area contributed by atoms with Crippen LogP contribution in [0.1, 0.15) is 18.2 Å². The van der Waals surface area contributed by atoms with Crippen LogP contribution in [0.2, 0.25) is 0 Å². The van der Waals surface area contributed by atoms with Crippen molar-refractivity contribution >= 4 is 17.0 Å². The lowest BCUT2D eigenvalue weighted by Crippen LogP contribution is -2.17. The molecule has 0 aliphatic carbocycles. The van der Waals surface area contributed by atoms with Crippen LogP contribution in [0.15, 0.2) is 36.9 Å². The summed E-state index contributed by atoms with van der Waals surface area (Å²) in [5.74, 6) is 1.05. The van der Waals surface area contributed by atoms with E-state index < -0.39 is 12.4 Å². The standard InChI is InChI=1S/C18H20FN5O3/c1-25-12-4-2-11(3-5-12)7-26-8-13-6-14(19)18(27-13)24-10-23-15-16(20)21-9-22-17(15)24/h2-5,9-10,13-14,18H,6-8H2,1H3,(H2,20,21,22)/t13-,14-,18+/m0/s1. The van der Waals surface area contributed by atoms with Crippen LogP contribution < -0.4 is 10.5 Å². The molecule has 3 atom stereocenters. The molecule has 1 saturated heterocycles. The van der Waals surface area contributed by atoms with E-state index in [1.807, 2.05) is 24.3 Å². The van der Waals surface area contributed by atoms with Gasteiger partial charge in [-0.25, -0.2) is 19.3 Å². The van der Waals surface area contributed by atoms with Crippen molar-refractivity contribution in [3.05, 3.63) is 42.5 Å². The first-order valence-electron chi connectivity index (χ1n) is 8.59. The van der Waals surface area contributed by atoms with Gasteiger partial charge in [-0.1, -0.05) is 12.1 Å².